The lowest BCUT2D eigenvalue weighted by Crippen LogP contribution is -2.34. The summed E-state index contributed by atoms with van der Waals surface area (Å²) in [6, 6.07) is 2.34. The van der Waals surface area contributed by atoms with Gasteiger partial charge in [0.25, 0.3) is 0 Å². The Labute approximate surface area is 157 Å². The number of amides is 1. The Hall–Kier alpha value is -1.85. The van der Waals surface area contributed by atoms with Crippen LogP contribution in [0.25, 0.3) is 0 Å². The van der Waals surface area contributed by atoms with Crippen LogP contribution >= 0.6 is 0 Å². The van der Waals surface area contributed by atoms with E-state index in [0.29, 0.717) is 23.8 Å². The molecule has 2 aliphatic rings. The maximum atomic E-state index is 12.1. The summed E-state index contributed by atoms with van der Waals surface area (Å²) < 4.78 is 0. The van der Waals surface area contributed by atoms with Gasteiger partial charge in [-0.15, -0.1) is 0 Å². The fourth-order valence-electron chi connectivity index (χ4n) is 4.17. The Balaban J connectivity index is 1.36. The van der Waals surface area contributed by atoms with E-state index in [0.717, 1.165) is 44.5 Å². The first-order valence-electron chi connectivity index (χ1n) is 10.1. The molecule has 6 heteroatoms. The van der Waals surface area contributed by atoms with Gasteiger partial charge in [0.15, 0.2) is 0 Å². The lowest BCUT2D eigenvalue weighted by Gasteiger charge is -2.29. The van der Waals surface area contributed by atoms with Crippen molar-refractivity contribution in [3.8, 4) is 0 Å². The first-order chi connectivity index (χ1) is 12.6. The van der Waals surface area contributed by atoms with E-state index in [-0.39, 0.29) is 5.91 Å². The molecule has 1 aromatic rings. The number of rotatable bonds is 7. The number of nitrogens with zero attached hydrogens (tertiary/aromatic N) is 3. The molecule has 3 rings (SSSR count). The monoisotopic (exact) mass is 359 g/mol. The van der Waals surface area contributed by atoms with Gasteiger partial charge in [-0.3, -0.25) is 4.79 Å². The van der Waals surface area contributed by atoms with E-state index in [1.54, 1.807) is 6.20 Å². The van der Waals surface area contributed by atoms with Gasteiger partial charge in [0.2, 0.25) is 11.9 Å². The molecule has 2 N–H and O–H groups in total. The van der Waals surface area contributed by atoms with E-state index in [1.165, 1.54) is 25.7 Å². The summed E-state index contributed by atoms with van der Waals surface area (Å²) in [5.74, 6) is 3.12. The van der Waals surface area contributed by atoms with E-state index >= 15 is 0 Å². The normalized spacial score (nSPS) is 23.6. The molecule has 144 valence electrons. The molecular weight excluding hydrogens is 326 g/mol. The highest BCUT2D eigenvalue weighted by Gasteiger charge is 2.23. The minimum Gasteiger partial charge on any atom is -0.363 e. The van der Waals surface area contributed by atoms with E-state index in [1.807, 2.05) is 25.1 Å². The van der Waals surface area contributed by atoms with Crippen LogP contribution < -0.4 is 15.5 Å². The molecule has 1 heterocycles. The number of carbonyl (C=O) groups is 1. The van der Waals surface area contributed by atoms with Crippen molar-refractivity contribution in [2.24, 2.45) is 11.8 Å². The molecule has 1 amide bonds. The van der Waals surface area contributed by atoms with Crippen molar-refractivity contribution in [2.45, 2.75) is 63.8 Å². The molecule has 26 heavy (non-hydrogen) atoms. The standard InChI is InChI=1S/C20H33N5O/c1-25(2)18-11-12-21-20(24-18)23-17-9-7-16(8-10-17)14-22-19(26)13-15-5-3-4-6-15/h11-12,15-17H,3-10,13-14H2,1-2H3,(H,22,26)(H,21,23,24)/t16-,17+. The Kier molecular flexibility index (Phi) is 6.69. The summed E-state index contributed by atoms with van der Waals surface area (Å²) in [6.07, 6.45) is 12.1. The van der Waals surface area contributed by atoms with Crippen LogP contribution in [0, 0.1) is 11.8 Å². The average Bonchev–Trinajstić information content (AvgIpc) is 3.14. The molecule has 0 atom stereocenters. The van der Waals surface area contributed by atoms with Crippen molar-refractivity contribution in [3.63, 3.8) is 0 Å². The van der Waals surface area contributed by atoms with Gasteiger partial charge in [0.1, 0.15) is 5.82 Å². The summed E-state index contributed by atoms with van der Waals surface area (Å²) in [5.41, 5.74) is 0. The Morgan fingerprint density at radius 3 is 2.54 bits per heavy atom. The maximum Gasteiger partial charge on any atom is 0.224 e. The first-order valence-corrected chi connectivity index (χ1v) is 10.1. The van der Waals surface area contributed by atoms with Gasteiger partial charge in [0, 0.05) is 39.3 Å². The van der Waals surface area contributed by atoms with Gasteiger partial charge < -0.3 is 15.5 Å². The Morgan fingerprint density at radius 1 is 1.12 bits per heavy atom. The van der Waals surface area contributed by atoms with Crippen LogP contribution in [0.3, 0.4) is 0 Å². The van der Waals surface area contributed by atoms with Crippen LogP contribution in [0.5, 0.6) is 0 Å². The molecule has 1 aromatic heterocycles. The smallest absolute Gasteiger partial charge is 0.224 e. The van der Waals surface area contributed by atoms with Gasteiger partial charge in [-0.1, -0.05) is 12.8 Å². The van der Waals surface area contributed by atoms with Crippen LogP contribution in [0.2, 0.25) is 0 Å². The Morgan fingerprint density at radius 2 is 1.85 bits per heavy atom. The second kappa shape index (κ2) is 9.19. The fraction of sp³-hybridized carbons (Fsp3) is 0.750. The zero-order chi connectivity index (χ0) is 18.4. The highest BCUT2D eigenvalue weighted by Crippen LogP contribution is 2.28. The minimum atomic E-state index is 0.256. The predicted octanol–water partition coefficient (Wildman–Crippen LogP) is 3.21. The second-order valence-electron chi connectivity index (χ2n) is 8.15. The predicted molar refractivity (Wildman–Crippen MR) is 105 cm³/mol. The van der Waals surface area contributed by atoms with Crippen molar-refractivity contribution in [2.75, 3.05) is 30.9 Å². The van der Waals surface area contributed by atoms with Gasteiger partial charge in [-0.25, -0.2) is 4.98 Å². The molecule has 0 radical (unpaired) electrons. The summed E-state index contributed by atoms with van der Waals surface area (Å²) in [5, 5.41) is 6.65. The topological polar surface area (TPSA) is 70.2 Å². The third-order valence-corrected chi connectivity index (χ3v) is 5.82. The molecule has 0 bridgehead atoms. The lowest BCUT2D eigenvalue weighted by molar-refractivity contribution is -0.122. The van der Waals surface area contributed by atoms with Crippen LogP contribution in [-0.4, -0.2) is 42.6 Å². The van der Waals surface area contributed by atoms with Crippen LogP contribution in [0.15, 0.2) is 12.3 Å². The SMILES string of the molecule is CN(C)c1ccnc(N[C@H]2CC[C@@H](CNC(=O)CC3CCCC3)CC2)n1. The molecule has 0 spiro atoms. The number of aromatic nitrogens is 2. The molecule has 0 unspecified atom stereocenters. The number of anilines is 2. The summed E-state index contributed by atoms with van der Waals surface area (Å²) in [4.78, 5) is 23.0. The number of nitrogens with one attached hydrogen (secondary N) is 2. The molecule has 0 saturated heterocycles. The lowest BCUT2D eigenvalue weighted by atomic mass is 9.86. The summed E-state index contributed by atoms with van der Waals surface area (Å²) >= 11 is 0. The molecule has 2 aliphatic carbocycles. The number of hydrogen-bond acceptors (Lipinski definition) is 5. The maximum absolute atomic E-state index is 12.1. The third-order valence-electron chi connectivity index (χ3n) is 5.82. The van der Waals surface area contributed by atoms with Crippen molar-refractivity contribution < 1.29 is 4.79 Å². The van der Waals surface area contributed by atoms with E-state index in [2.05, 4.69) is 20.6 Å². The second-order valence-corrected chi connectivity index (χ2v) is 8.15. The number of carbonyl (C=O) groups excluding carboxylic acids is 1. The molecular formula is C20H33N5O. The van der Waals surface area contributed by atoms with E-state index in [9.17, 15) is 4.79 Å². The zero-order valence-electron chi connectivity index (χ0n) is 16.2. The van der Waals surface area contributed by atoms with Crippen molar-refractivity contribution in [3.05, 3.63) is 12.3 Å². The fourth-order valence-corrected chi connectivity index (χ4v) is 4.17. The molecule has 2 fully saturated rings. The minimum absolute atomic E-state index is 0.256. The van der Waals surface area contributed by atoms with Gasteiger partial charge >= 0.3 is 0 Å². The van der Waals surface area contributed by atoms with Crippen molar-refractivity contribution in [1.82, 2.24) is 15.3 Å². The van der Waals surface area contributed by atoms with Gasteiger partial charge in [-0.05, 0) is 56.4 Å². The van der Waals surface area contributed by atoms with Crippen LogP contribution in [0.4, 0.5) is 11.8 Å². The van der Waals surface area contributed by atoms with Gasteiger partial charge in [-0.2, -0.15) is 4.98 Å². The largest absolute Gasteiger partial charge is 0.363 e. The van der Waals surface area contributed by atoms with E-state index in [4.69, 9.17) is 0 Å². The zero-order valence-corrected chi connectivity index (χ0v) is 16.2. The van der Waals surface area contributed by atoms with Gasteiger partial charge in [0.05, 0.1) is 0 Å². The quantitative estimate of drug-likeness (QED) is 0.782. The van der Waals surface area contributed by atoms with Crippen molar-refractivity contribution in [1.29, 1.82) is 0 Å². The highest BCUT2D eigenvalue weighted by molar-refractivity contribution is 5.76. The van der Waals surface area contributed by atoms with E-state index < -0.39 is 0 Å². The first kappa shape index (κ1) is 18.9. The number of hydrogen-bond donors (Lipinski definition) is 2. The molecule has 6 nitrogen and oxygen atoms in total. The average molecular weight is 360 g/mol. The third kappa shape index (κ3) is 5.58. The molecule has 0 aromatic carbocycles. The Bertz CT molecular complexity index is 577. The summed E-state index contributed by atoms with van der Waals surface area (Å²) in [6.45, 7) is 0.838. The highest BCUT2D eigenvalue weighted by atomic mass is 16.1. The van der Waals surface area contributed by atoms with Crippen LogP contribution in [-0.2, 0) is 4.79 Å². The van der Waals surface area contributed by atoms with Crippen molar-refractivity contribution >= 4 is 17.7 Å². The molecule has 0 aliphatic heterocycles. The molecule has 2 saturated carbocycles. The van der Waals surface area contributed by atoms with Crippen LogP contribution in [0.1, 0.15) is 57.8 Å². The summed E-state index contributed by atoms with van der Waals surface area (Å²) in [7, 11) is 3.97.